The Kier molecular flexibility index (Phi) is 6.69. The fraction of sp³-hybridized carbons (Fsp3) is 0.455. The summed E-state index contributed by atoms with van der Waals surface area (Å²) < 4.78 is 11.7. The first-order valence-corrected chi connectivity index (χ1v) is 11.4. The van der Waals surface area contributed by atoms with Crippen molar-refractivity contribution in [3.63, 3.8) is 0 Å². The molecule has 5 nitrogen and oxygen atoms in total. The second-order valence-corrected chi connectivity index (χ2v) is 9.97. The van der Waals surface area contributed by atoms with Crippen LogP contribution < -0.4 is 10.1 Å². The number of ether oxygens (including phenoxy) is 2. The highest BCUT2D eigenvalue weighted by molar-refractivity contribution is 9.10. The van der Waals surface area contributed by atoms with Crippen LogP contribution in [0.5, 0.6) is 5.75 Å². The lowest BCUT2D eigenvalue weighted by Crippen LogP contribution is -2.21. The van der Waals surface area contributed by atoms with Crippen molar-refractivity contribution >= 4 is 44.1 Å². The van der Waals surface area contributed by atoms with Crippen molar-refractivity contribution in [2.24, 2.45) is 0 Å². The molecule has 0 saturated heterocycles. The van der Waals surface area contributed by atoms with Crippen molar-refractivity contribution in [3.8, 4) is 5.75 Å². The van der Waals surface area contributed by atoms with E-state index in [1.165, 1.54) is 16.9 Å². The first-order chi connectivity index (χ1) is 13.7. The molecule has 0 fully saturated rings. The van der Waals surface area contributed by atoms with E-state index in [2.05, 4.69) is 42.0 Å². The quantitative estimate of drug-likeness (QED) is 0.556. The van der Waals surface area contributed by atoms with E-state index in [-0.39, 0.29) is 23.9 Å². The average Bonchev–Trinajstić information content (AvgIpc) is 3.20. The van der Waals surface area contributed by atoms with Gasteiger partial charge in [0.05, 0.1) is 16.6 Å². The third kappa shape index (κ3) is 5.01. The number of rotatable bonds is 6. The van der Waals surface area contributed by atoms with Crippen LogP contribution in [0.4, 0.5) is 5.00 Å². The largest absolute Gasteiger partial charge is 0.483 e. The normalized spacial score (nSPS) is 13.1. The number of esters is 1. The van der Waals surface area contributed by atoms with Crippen LogP contribution in [0.15, 0.2) is 22.7 Å². The fourth-order valence-corrected chi connectivity index (χ4v) is 5.09. The first-order valence-electron chi connectivity index (χ1n) is 9.75. The Morgan fingerprint density at radius 1 is 1.24 bits per heavy atom. The molecule has 0 bridgehead atoms. The molecule has 29 heavy (non-hydrogen) atoms. The summed E-state index contributed by atoms with van der Waals surface area (Å²) in [5.74, 6) is -0.0710. The molecule has 0 radical (unpaired) electrons. The van der Waals surface area contributed by atoms with Gasteiger partial charge in [0.1, 0.15) is 10.8 Å². The number of carbonyl (C=O) groups is 2. The molecule has 1 aliphatic carbocycles. The third-order valence-electron chi connectivity index (χ3n) is 4.81. The van der Waals surface area contributed by atoms with Crippen molar-refractivity contribution in [2.45, 2.75) is 52.4 Å². The van der Waals surface area contributed by atoms with E-state index in [0.29, 0.717) is 22.9 Å². The molecule has 3 rings (SSSR count). The molecule has 0 spiro atoms. The summed E-state index contributed by atoms with van der Waals surface area (Å²) >= 11 is 4.98. The second-order valence-electron chi connectivity index (χ2n) is 8.01. The third-order valence-corrected chi connectivity index (χ3v) is 6.64. The van der Waals surface area contributed by atoms with Crippen molar-refractivity contribution in [1.82, 2.24) is 0 Å². The van der Waals surface area contributed by atoms with Gasteiger partial charge in [0.15, 0.2) is 6.61 Å². The molecule has 0 saturated carbocycles. The maximum Gasteiger partial charge on any atom is 0.341 e. The number of thiophene rings is 1. The summed E-state index contributed by atoms with van der Waals surface area (Å²) in [7, 11) is 0. The lowest BCUT2D eigenvalue weighted by molar-refractivity contribution is -0.118. The van der Waals surface area contributed by atoms with Gasteiger partial charge in [0.2, 0.25) is 0 Å². The molecule has 1 aromatic heterocycles. The first kappa shape index (κ1) is 21.8. The van der Waals surface area contributed by atoms with E-state index in [0.717, 1.165) is 34.2 Å². The number of nitrogens with one attached hydrogen (secondary N) is 1. The highest BCUT2D eigenvalue weighted by atomic mass is 79.9. The minimum absolute atomic E-state index is 0.0293. The monoisotopic (exact) mass is 479 g/mol. The van der Waals surface area contributed by atoms with E-state index in [1.54, 1.807) is 6.92 Å². The fourth-order valence-electron chi connectivity index (χ4n) is 3.30. The van der Waals surface area contributed by atoms with Crippen LogP contribution >= 0.6 is 27.3 Å². The second kappa shape index (κ2) is 8.88. The van der Waals surface area contributed by atoms with E-state index in [1.807, 2.05) is 18.2 Å². The van der Waals surface area contributed by atoms with Crippen molar-refractivity contribution in [1.29, 1.82) is 0 Å². The van der Waals surface area contributed by atoms with Gasteiger partial charge in [-0.1, -0.05) is 26.8 Å². The standard InChI is InChI=1S/C22H26BrNO4S/c1-5-27-21(26)19-14-7-6-8-17(14)29-20(19)24-18(25)12-28-16-10-9-13(11-15(16)23)22(2,3)4/h9-11H,5-8,12H2,1-4H3,(H,24,25). The van der Waals surface area contributed by atoms with Crippen molar-refractivity contribution in [3.05, 3.63) is 44.2 Å². The van der Waals surface area contributed by atoms with E-state index in [4.69, 9.17) is 9.47 Å². The number of anilines is 1. The number of halogens is 1. The summed E-state index contributed by atoms with van der Waals surface area (Å²) in [6.07, 6.45) is 2.81. The summed E-state index contributed by atoms with van der Waals surface area (Å²) in [5.41, 5.74) is 2.73. The average molecular weight is 480 g/mol. The minimum atomic E-state index is -0.372. The van der Waals surface area contributed by atoms with Gasteiger partial charge in [0.25, 0.3) is 5.91 Å². The smallest absolute Gasteiger partial charge is 0.341 e. The van der Waals surface area contributed by atoms with Gasteiger partial charge in [-0.3, -0.25) is 4.79 Å². The molecule has 1 N–H and O–H groups in total. The molecular formula is C22H26BrNO4S. The van der Waals surface area contributed by atoms with Crippen LogP contribution in [-0.4, -0.2) is 25.1 Å². The number of fused-ring (bicyclic) bond motifs is 1. The molecule has 1 amide bonds. The van der Waals surface area contributed by atoms with Gasteiger partial charge < -0.3 is 14.8 Å². The van der Waals surface area contributed by atoms with Crippen LogP contribution in [0.2, 0.25) is 0 Å². The Morgan fingerprint density at radius 2 is 2.00 bits per heavy atom. The number of carbonyl (C=O) groups excluding carboxylic acids is 2. The van der Waals surface area contributed by atoms with Crippen molar-refractivity contribution < 1.29 is 19.1 Å². The highest BCUT2D eigenvalue weighted by Gasteiger charge is 2.28. The SMILES string of the molecule is CCOC(=O)c1c(NC(=O)COc2ccc(C(C)(C)C)cc2Br)sc2c1CCC2. The highest BCUT2D eigenvalue weighted by Crippen LogP contribution is 2.39. The van der Waals surface area contributed by atoms with Crippen molar-refractivity contribution in [2.75, 3.05) is 18.5 Å². The van der Waals surface area contributed by atoms with E-state index in [9.17, 15) is 9.59 Å². The molecule has 1 aromatic carbocycles. The summed E-state index contributed by atoms with van der Waals surface area (Å²) in [5, 5.41) is 3.40. The molecule has 1 heterocycles. The molecular weight excluding hydrogens is 454 g/mol. The van der Waals surface area contributed by atoms with E-state index >= 15 is 0 Å². The van der Waals surface area contributed by atoms with Gasteiger partial charge >= 0.3 is 5.97 Å². The van der Waals surface area contributed by atoms with Crippen LogP contribution in [0.3, 0.4) is 0 Å². The van der Waals surface area contributed by atoms with Crippen LogP contribution in [-0.2, 0) is 27.8 Å². The lowest BCUT2D eigenvalue weighted by atomic mass is 9.87. The van der Waals surface area contributed by atoms with Crippen LogP contribution in [0, 0.1) is 0 Å². The van der Waals surface area contributed by atoms with Gasteiger partial charge in [0, 0.05) is 4.88 Å². The topological polar surface area (TPSA) is 64.6 Å². The Morgan fingerprint density at radius 3 is 2.66 bits per heavy atom. The zero-order valence-corrected chi connectivity index (χ0v) is 19.6. The molecule has 7 heteroatoms. The zero-order chi connectivity index (χ0) is 21.2. The molecule has 156 valence electrons. The number of hydrogen-bond acceptors (Lipinski definition) is 5. The molecule has 0 aliphatic heterocycles. The zero-order valence-electron chi connectivity index (χ0n) is 17.2. The summed E-state index contributed by atoms with van der Waals surface area (Å²) in [6, 6.07) is 5.87. The minimum Gasteiger partial charge on any atom is -0.483 e. The Balaban J connectivity index is 1.68. The van der Waals surface area contributed by atoms with E-state index < -0.39 is 0 Å². The maximum absolute atomic E-state index is 12.5. The van der Waals surface area contributed by atoms with Gasteiger partial charge in [-0.25, -0.2) is 4.79 Å². The molecule has 0 atom stereocenters. The lowest BCUT2D eigenvalue weighted by Gasteiger charge is -2.20. The Labute approximate surface area is 183 Å². The Hall–Kier alpha value is -1.86. The number of aryl methyl sites for hydroxylation is 1. The predicted molar refractivity (Wildman–Crippen MR) is 119 cm³/mol. The number of amides is 1. The molecule has 1 aliphatic rings. The summed E-state index contributed by atoms with van der Waals surface area (Å²) in [4.78, 5) is 26.0. The van der Waals surface area contributed by atoms with Gasteiger partial charge in [-0.15, -0.1) is 11.3 Å². The Bertz CT molecular complexity index is 930. The van der Waals surface area contributed by atoms with Crippen LogP contribution in [0.25, 0.3) is 0 Å². The number of benzene rings is 1. The predicted octanol–water partition coefficient (Wildman–Crippen LogP) is 5.49. The van der Waals surface area contributed by atoms with Crippen LogP contribution in [0.1, 0.15) is 60.5 Å². The van der Waals surface area contributed by atoms with Gasteiger partial charge in [-0.05, 0) is 70.8 Å². The maximum atomic E-state index is 12.5. The number of hydrogen-bond donors (Lipinski definition) is 1. The molecule has 0 unspecified atom stereocenters. The van der Waals surface area contributed by atoms with Gasteiger partial charge in [-0.2, -0.15) is 0 Å². The summed E-state index contributed by atoms with van der Waals surface area (Å²) in [6.45, 7) is 8.36. The molecule has 2 aromatic rings.